The molecule has 0 fully saturated rings. The molecule has 0 saturated heterocycles. The van der Waals surface area contributed by atoms with Crippen LogP contribution >= 0.6 is 11.6 Å². The first kappa shape index (κ1) is 12.8. The van der Waals surface area contributed by atoms with Crippen LogP contribution < -0.4 is 11.1 Å². The maximum atomic E-state index is 5.73. The van der Waals surface area contributed by atoms with E-state index in [1.807, 2.05) is 6.08 Å². The van der Waals surface area contributed by atoms with E-state index in [0.717, 1.165) is 6.42 Å². The van der Waals surface area contributed by atoms with E-state index in [4.69, 9.17) is 22.1 Å². The SMILES string of the molecule is C=CCCOCCNc1ncc(Cl)cc1N. The van der Waals surface area contributed by atoms with Gasteiger partial charge in [0.1, 0.15) is 5.82 Å². The van der Waals surface area contributed by atoms with Crippen molar-refractivity contribution < 1.29 is 4.74 Å². The molecule has 3 N–H and O–H groups in total. The van der Waals surface area contributed by atoms with E-state index in [1.54, 1.807) is 12.3 Å². The van der Waals surface area contributed by atoms with Gasteiger partial charge in [0.25, 0.3) is 0 Å². The van der Waals surface area contributed by atoms with Gasteiger partial charge in [-0.05, 0) is 12.5 Å². The molecule has 0 aliphatic rings. The molecule has 1 aromatic heterocycles. The van der Waals surface area contributed by atoms with Gasteiger partial charge in [0.05, 0.1) is 23.9 Å². The number of ether oxygens (including phenoxy) is 1. The summed E-state index contributed by atoms with van der Waals surface area (Å²) in [6.07, 6.45) is 4.24. The molecule has 0 aromatic carbocycles. The summed E-state index contributed by atoms with van der Waals surface area (Å²) in [5.74, 6) is 0.636. The summed E-state index contributed by atoms with van der Waals surface area (Å²) in [4.78, 5) is 4.07. The number of halogens is 1. The summed E-state index contributed by atoms with van der Waals surface area (Å²) >= 11 is 5.73. The van der Waals surface area contributed by atoms with Gasteiger partial charge in [0.2, 0.25) is 0 Å². The van der Waals surface area contributed by atoms with E-state index in [1.165, 1.54) is 0 Å². The Morgan fingerprint density at radius 2 is 2.38 bits per heavy atom. The van der Waals surface area contributed by atoms with Crippen molar-refractivity contribution in [3.63, 3.8) is 0 Å². The van der Waals surface area contributed by atoms with Crippen LogP contribution in [0, 0.1) is 0 Å². The standard InChI is InChI=1S/C11H16ClN3O/c1-2-3-5-16-6-4-14-11-10(13)7-9(12)8-15-11/h2,7-8H,1,3-6,13H2,(H,14,15). The minimum absolute atomic E-state index is 0.533. The topological polar surface area (TPSA) is 60.2 Å². The van der Waals surface area contributed by atoms with Gasteiger partial charge in [-0.1, -0.05) is 17.7 Å². The number of aromatic nitrogens is 1. The zero-order valence-corrected chi connectivity index (χ0v) is 9.83. The number of nitrogens with two attached hydrogens (primary N) is 1. The lowest BCUT2D eigenvalue weighted by Gasteiger charge is -2.08. The lowest BCUT2D eigenvalue weighted by Crippen LogP contribution is -2.12. The molecule has 5 heteroatoms. The maximum Gasteiger partial charge on any atom is 0.149 e. The minimum Gasteiger partial charge on any atom is -0.396 e. The van der Waals surface area contributed by atoms with Crippen LogP contribution in [0.15, 0.2) is 24.9 Å². The van der Waals surface area contributed by atoms with Gasteiger partial charge in [0, 0.05) is 12.7 Å². The predicted octanol–water partition coefficient (Wildman–Crippen LogP) is 2.32. The number of hydrogen-bond acceptors (Lipinski definition) is 4. The van der Waals surface area contributed by atoms with Crippen LogP contribution in [0.1, 0.15) is 6.42 Å². The predicted molar refractivity (Wildman–Crippen MR) is 67.8 cm³/mol. The lowest BCUT2D eigenvalue weighted by atomic mass is 10.4. The Morgan fingerprint density at radius 1 is 1.56 bits per heavy atom. The molecule has 1 aromatic rings. The van der Waals surface area contributed by atoms with Crippen LogP contribution in [-0.2, 0) is 4.74 Å². The molecular weight excluding hydrogens is 226 g/mol. The van der Waals surface area contributed by atoms with Gasteiger partial charge in [-0.25, -0.2) is 4.98 Å². The fourth-order valence-corrected chi connectivity index (χ4v) is 1.28. The van der Waals surface area contributed by atoms with Crippen molar-refractivity contribution in [2.24, 2.45) is 0 Å². The number of nitrogens with zero attached hydrogens (tertiary/aromatic N) is 1. The first-order valence-electron chi connectivity index (χ1n) is 5.07. The first-order chi connectivity index (χ1) is 7.74. The minimum atomic E-state index is 0.533. The van der Waals surface area contributed by atoms with E-state index < -0.39 is 0 Å². The second kappa shape index (κ2) is 7.09. The van der Waals surface area contributed by atoms with E-state index in [2.05, 4.69) is 16.9 Å². The monoisotopic (exact) mass is 241 g/mol. The summed E-state index contributed by atoms with van der Waals surface area (Å²) in [6.45, 7) is 5.57. The Hall–Kier alpha value is -1.26. The number of hydrogen-bond donors (Lipinski definition) is 2. The van der Waals surface area contributed by atoms with Crippen molar-refractivity contribution in [3.8, 4) is 0 Å². The van der Waals surface area contributed by atoms with Crippen molar-refractivity contribution in [1.29, 1.82) is 0 Å². The zero-order valence-electron chi connectivity index (χ0n) is 9.08. The van der Waals surface area contributed by atoms with Crippen LogP contribution in [0.5, 0.6) is 0 Å². The molecule has 0 amide bonds. The molecule has 16 heavy (non-hydrogen) atoms. The third-order valence-electron chi connectivity index (χ3n) is 1.89. The first-order valence-corrected chi connectivity index (χ1v) is 5.45. The van der Waals surface area contributed by atoms with Crippen molar-refractivity contribution in [2.75, 3.05) is 30.8 Å². The van der Waals surface area contributed by atoms with Crippen molar-refractivity contribution in [2.45, 2.75) is 6.42 Å². The molecule has 1 heterocycles. The summed E-state index contributed by atoms with van der Waals surface area (Å²) in [7, 11) is 0. The number of nitrogen functional groups attached to an aromatic ring is 1. The molecule has 0 radical (unpaired) electrons. The van der Waals surface area contributed by atoms with Crippen LogP contribution in [0.4, 0.5) is 11.5 Å². The molecule has 4 nitrogen and oxygen atoms in total. The highest BCUT2D eigenvalue weighted by Gasteiger charge is 2.00. The average Bonchev–Trinajstić information content (AvgIpc) is 2.26. The Morgan fingerprint density at radius 3 is 3.06 bits per heavy atom. The van der Waals surface area contributed by atoms with E-state index >= 15 is 0 Å². The highest BCUT2D eigenvalue weighted by molar-refractivity contribution is 6.30. The summed E-state index contributed by atoms with van der Waals surface area (Å²) in [5, 5.41) is 3.60. The third-order valence-corrected chi connectivity index (χ3v) is 2.10. The third kappa shape index (κ3) is 4.51. The molecule has 0 aliphatic heterocycles. The number of rotatable bonds is 7. The Balaban J connectivity index is 2.24. The molecule has 0 saturated carbocycles. The van der Waals surface area contributed by atoms with Gasteiger partial charge in [-0.2, -0.15) is 0 Å². The van der Waals surface area contributed by atoms with E-state index in [0.29, 0.717) is 36.3 Å². The van der Waals surface area contributed by atoms with Gasteiger partial charge < -0.3 is 15.8 Å². The number of pyridine rings is 1. The molecular formula is C11H16ClN3O. The molecule has 88 valence electrons. The van der Waals surface area contributed by atoms with Crippen molar-refractivity contribution >= 4 is 23.1 Å². The average molecular weight is 242 g/mol. The molecule has 0 bridgehead atoms. The van der Waals surface area contributed by atoms with Crippen molar-refractivity contribution in [1.82, 2.24) is 4.98 Å². The summed E-state index contributed by atoms with van der Waals surface area (Å²) < 4.78 is 5.33. The van der Waals surface area contributed by atoms with Crippen LogP contribution in [0.3, 0.4) is 0 Å². The quantitative estimate of drug-likeness (QED) is 0.568. The van der Waals surface area contributed by atoms with Gasteiger partial charge >= 0.3 is 0 Å². The fraction of sp³-hybridized carbons (Fsp3) is 0.364. The Bertz CT molecular complexity index is 344. The smallest absolute Gasteiger partial charge is 0.149 e. The number of anilines is 2. The molecule has 1 rings (SSSR count). The van der Waals surface area contributed by atoms with Gasteiger partial charge in [0.15, 0.2) is 0 Å². The molecule has 0 unspecified atom stereocenters. The summed E-state index contributed by atoms with van der Waals surface area (Å²) in [6, 6.07) is 1.66. The van der Waals surface area contributed by atoms with E-state index in [-0.39, 0.29) is 0 Å². The highest BCUT2D eigenvalue weighted by atomic mass is 35.5. The zero-order chi connectivity index (χ0) is 11.8. The van der Waals surface area contributed by atoms with E-state index in [9.17, 15) is 0 Å². The Kier molecular flexibility index (Phi) is 5.67. The Labute approximate surface area is 100 Å². The van der Waals surface area contributed by atoms with Crippen LogP contribution in [0.2, 0.25) is 5.02 Å². The normalized spacial score (nSPS) is 10.1. The van der Waals surface area contributed by atoms with Gasteiger partial charge in [-0.3, -0.25) is 0 Å². The largest absolute Gasteiger partial charge is 0.396 e. The van der Waals surface area contributed by atoms with Gasteiger partial charge in [-0.15, -0.1) is 6.58 Å². The fourth-order valence-electron chi connectivity index (χ4n) is 1.11. The second-order valence-electron chi connectivity index (χ2n) is 3.21. The van der Waals surface area contributed by atoms with Crippen LogP contribution in [-0.4, -0.2) is 24.7 Å². The molecule has 0 aliphatic carbocycles. The molecule has 0 spiro atoms. The highest BCUT2D eigenvalue weighted by Crippen LogP contribution is 2.18. The lowest BCUT2D eigenvalue weighted by molar-refractivity contribution is 0.149. The summed E-state index contributed by atoms with van der Waals surface area (Å²) in [5.41, 5.74) is 6.26. The van der Waals surface area contributed by atoms with Crippen molar-refractivity contribution in [3.05, 3.63) is 29.9 Å². The molecule has 0 atom stereocenters. The maximum absolute atomic E-state index is 5.73. The number of nitrogens with one attached hydrogen (secondary N) is 1. The van der Waals surface area contributed by atoms with Crippen LogP contribution in [0.25, 0.3) is 0 Å². The second-order valence-corrected chi connectivity index (χ2v) is 3.64.